The van der Waals surface area contributed by atoms with Gasteiger partial charge in [0, 0.05) is 17.0 Å². The second kappa shape index (κ2) is 5.34. The molecule has 1 heterocycles. The van der Waals surface area contributed by atoms with Gasteiger partial charge in [-0.25, -0.2) is 0 Å². The van der Waals surface area contributed by atoms with Gasteiger partial charge >= 0.3 is 0 Å². The van der Waals surface area contributed by atoms with E-state index in [1.807, 2.05) is 6.07 Å². The molecule has 1 heteroatoms. The van der Waals surface area contributed by atoms with Crippen LogP contribution in [0.5, 0.6) is 11.5 Å². The molecule has 1 aliphatic rings. The van der Waals surface area contributed by atoms with Crippen LogP contribution < -0.4 is 4.74 Å². The molecule has 0 amide bonds. The fraction of sp³-hybridized carbons (Fsp3) is 0.143. The molecule has 0 saturated carbocycles. The first-order valence-electron chi connectivity index (χ1n) is 7.82. The smallest absolute Gasteiger partial charge is 0.131 e. The van der Waals surface area contributed by atoms with Crippen molar-refractivity contribution < 1.29 is 4.74 Å². The van der Waals surface area contributed by atoms with E-state index in [-0.39, 0.29) is 5.92 Å². The van der Waals surface area contributed by atoms with E-state index >= 15 is 0 Å². The van der Waals surface area contributed by atoms with Crippen molar-refractivity contribution in [3.8, 4) is 11.5 Å². The number of para-hydroxylation sites is 1. The number of hydrogen-bond donors (Lipinski definition) is 0. The van der Waals surface area contributed by atoms with Crippen molar-refractivity contribution >= 4 is 0 Å². The topological polar surface area (TPSA) is 9.23 Å². The predicted molar refractivity (Wildman–Crippen MR) is 89.7 cm³/mol. The van der Waals surface area contributed by atoms with Gasteiger partial charge in [-0.15, -0.1) is 0 Å². The van der Waals surface area contributed by atoms with E-state index in [1.165, 1.54) is 22.3 Å². The largest absolute Gasteiger partial charge is 0.457 e. The van der Waals surface area contributed by atoms with E-state index in [4.69, 9.17) is 4.74 Å². The molecule has 3 aromatic carbocycles. The summed E-state index contributed by atoms with van der Waals surface area (Å²) in [4.78, 5) is 0. The maximum absolute atomic E-state index is 6.17. The molecule has 1 aliphatic heterocycles. The van der Waals surface area contributed by atoms with E-state index in [9.17, 15) is 0 Å². The van der Waals surface area contributed by atoms with Crippen LogP contribution in [0.4, 0.5) is 0 Å². The molecular weight excluding hydrogens is 268 g/mol. The average molecular weight is 286 g/mol. The zero-order valence-corrected chi connectivity index (χ0v) is 12.6. The minimum atomic E-state index is 0.248. The van der Waals surface area contributed by atoms with Crippen LogP contribution in [0.25, 0.3) is 0 Å². The SMILES string of the molecule is CCc1cccc2c1C(c1ccccc1)c1ccccc1O2. The van der Waals surface area contributed by atoms with Crippen molar-refractivity contribution in [2.45, 2.75) is 19.3 Å². The Morgan fingerprint density at radius 2 is 1.50 bits per heavy atom. The zero-order valence-electron chi connectivity index (χ0n) is 12.6. The average Bonchev–Trinajstić information content (AvgIpc) is 2.59. The van der Waals surface area contributed by atoms with E-state index < -0.39 is 0 Å². The van der Waals surface area contributed by atoms with E-state index in [0.717, 1.165) is 17.9 Å². The zero-order chi connectivity index (χ0) is 14.9. The minimum absolute atomic E-state index is 0.248. The highest BCUT2D eigenvalue weighted by atomic mass is 16.5. The lowest BCUT2D eigenvalue weighted by molar-refractivity contribution is 0.451. The third-order valence-electron chi connectivity index (χ3n) is 4.41. The highest BCUT2D eigenvalue weighted by Gasteiger charge is 2.29. The Bertz CT molecular complexity index is 805. The number of ether oxygens (including phenoxy) is 1. The Morgan fingerprint density at radius 3 is 2.32 bits per heavy atom. The molecule has 0 radical (unpaired) electrons. The van der Waals surface area contributed by atoms with Gasteiger partial charge in [0.15, 0.2) is 0 Å². The van der Waals surface area contributed by atoms with Crippen LogP contribution in [0.3, 0.4) is 0 Å². The van der Waals surface area contributed by atoms with Gasteiger partial charge in [-0.1, -0.05) is 67.6 Å². The standard InChI is InChI=1S/C21H18O/c1-2-15-11-8-14-19-21(15)20(16-9-4-3-5-10-16)17-12-6-7-13-18(17)22-19/h3-14,20H,2H2,1H3. The van der Waals surface area contributed by atoms with Gasteiger partial charge in [-0.2, -0.15) is 0 Å². The summed E-state index contributed by atoms with van der Waals surface area (Å²) in [5, 5.41) is 0. The molecule has 3 aromatic rings. The maximum atomic E-state index is 6.17. The fourth-order valence-corrected chi connectivity index (χ4v) is 3.39. The van der Waals surface area contributed by atoms with Crippen molar-refractivity contribution in [3.05, 3.63) is 95.1 Å². The van der Waals surface area contributed by atoms with E-state index in [2.05, 4.69) is 73.7 Å². The Kier molecular flexibility index (Phi) is 3.19. The fourth-order valence-electron chi connectivity index (χ4n) is 3.39. The summed E-state index contributed by atoms with van der Waals surface area (Å²) in [6, 6.07) is 25.5. The molecule has 0 bridgehead atoms. The summed E-state index contributed by atoms with van der Waals surface area (Å²) in [7, 11) is 0. The van der Waals surface area contributed by atoms with Crippen LogP contribution in [0, 0.1) is 0 Å². The van der Waals surface area contributed by atoms with Gasteiger partial charge in [-0.05, 0) is 29.7 Å². The lowest BCUT2D eigenvalue weighted by Gasteiger charge is -2.30. The number of hydrogen-bond acceptors (Lipinski definition) is 1. The van der Waals surface area contributed by atoms with Crippen molar-refractivity contribution in [2.75, 3.05) is 0 Å². The molecule has 0 saturated heterocycles. The van der Waals surface area contributed by atoms with Crippen LogP contribution in [0.15, 0.2) is 72.8 Å². The Morgan fingerprint density at radius 1 is 0.773 bits per heavy atom. The first kappa shape index (κ1) is 13.1. The first-order chi connectivity index (χ1) is 10.9. The highest BCUT2D eigenvalue weighted by Crippen LogP contribution is 2.48. The van der Waals surface area contributed by atoms with Crippen LogP contribution >= 0.6 is 0 Å². The quantitative estimate of drug-likeness (QED) is 0.470. The lowest BCUT2D eigenvalue weighted by atomic mass is 9.80. The Labute approximate surface area is 131 Å². The molecule has 1 nitrogen and oxygen atoms in total. The van der Waals surface area contributed by atoms with Gasteiger partial charge < -0.3 is 4.74 Å². The van der Waals surface area contributed by atoms with Crippen molar-refractivity contribution in [2.24, 2.45) is 0 Å². The minimum Gasteiger partial charge on any atom is -0.457 e. The van der Waals surface area contributed by atoms with E-state index in [0.29, 0.717) is 0 Å². The number of aryl methyl sites for hydroxylation is 1. The maximum Gasteiger partial charge on any atom is 0.131 e. The monoisotopic (exact) mass is 286 g/mol. The third-order valence-corrected chi connectivity index (χ3v) is 4.41. The van der Waals surface area contributed by atoms with Crippen molar-refractivity contribution in [1.82, 2.24) is 0 Å². The first-order valence-corrected chi connectivity index (χ1v) is 7.82. The summed E-state index contributed by atoms with van der Waals surface area (Å²) in [6.45, 7) is 2.21. The normalized spacial score (nSPS) is 15.6. The van der Waals surface area contributed by atoms with Crippen LogP contribution in [0.1, 0.15) is 35.1 Å². The van der Waals surface area contributed by atoms with Gasteiger partial charge in [-0.3, -0.25) is 0 Å². The van der Waals surface area contributed by atoms with Gasteiger partial charge in [0.1, 0.15) is 11.5 Å². The lowest BCUT2D eigenvalue weighted by Crippen LogP contribution is -2.13. The van der Waals surface area contributed by atoms with E-state index in [1.54, 1.807) is 0 Å². The molecule has 0 N–H and O–H groups in total. The molecule has 108 valence electrons. The molecule has 0 fully saturated rings. The van der Waals surface area contributed by atoms with Gasteiger partial charge in [0.2, 0.25) is 0 Å². The molecular formula is C21H18O. The van der Waals surface area contributed by atoms with Crippen molar-refractivity contribution in [1.29, 1.82) is 0 Å². The summed E-state index contributed by atoms with van der Waals surface area (Å²) in [5.41, 5.74) is 5.25. The summed E-state index contributed by atoms with van der Waals surface area (Å²) in [6.07, 6.45) is 1.01. The Balaban J connectivity index is 2.00. The second-order valence-corrected chi connectivity index (χ2v) is 5.67. The second-order valence-electron chi connectivity index (χ2n) is 5.67. The van der Waals surface area contributed by atoms with Crippen LogP contribution in [-0.2, 0) is 6.42 Å². The molecule has 1 unspecified atom stereocenters. The van der Waals surface area contributed by atoms with Gasteiger partial charge in [0.05, 0.1) is 0 Å². The van der Waals surface area contributed by atoms with Gasteiger partial charge in [0.25, 0.3) is 0 Å². The molecule has 0 spiro atoms. The van der Waals surface area contributed by atoms with Crippen LogP contribution in [0.2, 0.25) is 0 Å². The molecule has 0 aromatic heterocycles. The van der Waals surface area contributed by atoms with Crippen molar-refractivity contribution in [3.63, 3.8) is 0 Å². The Hall–Kier alpha value is -2.54. The molecule has 22 heavy (non-hydrogen) atoms. The molecule has 1 atom stereocenters. The highest BCUT2D eigenvalue weighted by molar-refractivity contribution is 5.60. The molecule has 0 aliphatic carbocycles. The third kappa shape index (κ3) is 2.01. The summed E-state index contributed by atoms with van der Waals surface area (Å²) >= 11 is 0. The summed E-state index contributed by atoms with van der Waals surface area (Å²) in [5.74, 6) is 2.21. The number of rotatable bonds is 2. The summed E-state index contributed by atoms with van der Waals surface area (Å²) < 4.78 is 6.17. The predicted octanol–water partition coefficient (Wildman–Crippen LogP) is 5.53. The number of fused-ring (bicyclic) bond motifs is 2. The number of benzene rings is 3. The van der Waals surface area contributed by atoms with Crippen LogP contribution in [-0.4, -0.2) is 0 Å². The molecule has 4 rings (SSSR count).